The van der Waals surface area contributed by atoms with Crippen molar-refractivity contribution in [3.63, 3.8) is 0 Å². The number of nitrogens with zero attached hydrogens (tertiary/aromatic N) is 2. The standard InChI is InChI=1S/C15H13F2N3O4S/c1-22-11-5-6-20(13(25-21)12(11)23-2)15-18-9-4-3-8(24-14(16)17)7-10(9)19-15/h3-7,14H,1-2H3,(H-,18,19,21)/p+1. The van der Waals surface area contributed by atoms with Crippen LogP contribution in [0.4, 0.5) is 8.78 Å². The maximum absolute atomic E-state index is 12.3. The number of H-pyrrole nitrogens is 1. The Morgan fingerprint density at radius 2 is 2.04 bits per heavy atom. The van der Waals surface area contributed by atoms with E-state index in [2.05, 4.69) is 14.7 Å². The molecule has 2 heterocycles. The summed E-state index contributed by atoms with van der Waals surface area (Å²) in [7, 11) is 2.94. The molecule has 0 saturated heterocycles. The average Bonchev–Trinajstić information content (AvgIpc) is 3.02. The highest BCUT2D eigenvalue weighted by atomic mass is 32.2. The van der Waals surface area contributed by atoms with Crippen molar-refractivity contribution < 1.29 is 32.1 Å². The van der Waals surface area contributed by atoms with Crippen molar-refractivity contribution in [2.75, 3.05) is 14.2 Å². The molecular weight excluding hydrogens is 356 g/mol. The van der Waals surface area contributed by atoms with Gasteiger partial charge in [-0.1, -0.05) is 4.98 Å². The van der Waals surface area contributed by atoms with Crippen LogP contribution in [0.1, 0.15) is 0 Å². The van der Waals surface area contributed by atoms with E-state index in [-0.39, 0.29) is 5.75 Å². The smallest absolute Gasteiger partial charge is 0.402 e. The van der Waals surface area contributed by atoms with E-state index in [1.165, 1.54) is 26.4 Å². The minimum atomic E-state index is -2.91. The fourth-order valence-electron chi connectivity index (χ4n) is 2.37. The van der Waals surface area contributed by atoms with Crippen LogP contribution < -0.4 is 18.8 Å². The molecule has 25 heavy (non-hydrogen) atoms. The zero-order valence-electron chi connectivity index (χ0n) is 13.2. The molecule has 2 aromatic heterocycles. The minimum absolute atomic E-state index is 0.0202. The van der Waals surface area contributed by atoms with E-state index >= 15 is 0 Å². The number of alkyl halides is 2. The second-order valence-electron chi connectivity index (χ2n) is 4.80. The lowest BCUT2D eigenvalue weighted by Crippen LogP contribution is -2.35. The fourth-order valence-corrected chi connectivity index (χ4v) is 2.87. The van der Waals surface area contributed by atoms with Gasteiger partial charge >= 0.3 is 12.6 Å². The summed E-state index contributed by atoms with van der Waals surface area (Å²) in [5.74, 6) is 1.16. The molecule has 0 fully saturated rings. The highest BCUT2D eigenvalue weighted by Crippen LogP contribution is 2.34. The lowest BCUT2D eigenvalue weighted by atomic mass is 10.3. The van der Waals surface area contributed by atoms with E-state index in [1.807, 2.05) is 0 Å². The van der Waals surface area contributed by atoms with Crippen LogP contribution in [-0.2, 0) is 0 Å². The van der Waals surface area contributed by atoms with Crippen LogP contribution in [0.5, 0.6) is 17.2 Å². The zero-order chi connectivity index (χ0) is 18.0. The summed E-state index contributed by atoms with van der Waals surface area (Å²) < 4.78 is 50.7. The molecule has 0 amide bonds. The molecule has 7 nitrogen and oxygen atoms in total. The molecule has 0 unspecified atom stereocenters. The van der Waals surface area contributed by atoms with Gasteiger partial charge in [0.25, 0.3) is 0 Å². The number of nitrogens with one attached hydrogen (secondary N) is 1. The number of pyridine rings is 1. The Morgan fingerprint density at radius 1 is 1.24 bits per heavy atom. The average molecular weight is 370 g/mol. The largest absolute Gasteiger partial charge is 0.493 e. The number of benzene rings is 1. The number of aromatic amines is 1. The quantitative estimate of drug-likeness (QED) is 0.513. The SMILES string of the molecule is COc1cc[n+](-c2nc3ccc(OC(F)F)cc3[nH]2)c(SO)c1OC. The van der Waals surface area contributed by atoms with Crippen LogP contribution in [0.3, 0.4) is 0 Å². The van der Waals surface area contributed by atoms with E-state index in [4.69, 9.17) is 9.47 Å². The Kier molecular flexibility index (Phi) is 4.91. The number of imidazole rings is 1. The highest BCUT2D eigenvalue weighted by Gasteiger charge is 2.24. The van der Waals surface area contributed by atoms with E-state index in [0.717, 1.165) is 0 Å². The van der Waals surface area contributed by atoms with E-state index in [9.17, 15) is 13.3 Å². The van der Waals surface area contributed by atoms with Gasteiger partial charge in [0, 0.05) is 12.1 Å². The molecule has 0 radical (unpaired) electrons. The molecule has 0 aliphatic heterocycles. The normalized spacial score (nSPS) is 11.1. The zero-order valence-corrected chi connectivity index (χ0v) is 14.0. The topological polar surface area (TPSA) is 80.5 Å². The van der Waals surface area contributed by atoms with Crippen LogP contribution >= 0.6 is 12.0 Å². The van der Waals surface area contributed by atoms with Crippen LogP contribution in [0.25, 0.3) is 17.0 Å². The van der Waals surface area contributed by atoms with Crippen molar-refractivity contribution in [1.82, 2.24) is 9.97 Å². The maximum atomic E-state index is 12.3. The third-order valence-corrected chi connectivity index (χ3v) is 3.97. The number of ether oxygens (including phenoxy) is 3. The molecular formula is C15H14F2N3O4S+. The second kappa shape index (κ2) is 7.11. The van der Waals surface area contributed by atoms with Crippen LogP contribution in [0.15, 0.2) is 35.5 Å². The van der Waals surface area contributed by atoms with Gasteiger partial charge in [-0.2, -0.15) is 13.3 Å². The summed E-state index contributed by atoms with van der Waals surface area (Å²) in [5, 5.41) is 0.338. The molecule has 10 heteroatoms. The molecule has 132 valence electrons. The first-order valence-electron chi connectivity index (χ1n) is 7.00. The van der Waals surface area contributed by atoms with E-state index in [1.54, 1.807) is 22.9 Å². The van der Waals surface area contributed by atoms with Gasteiger partial charge in [-0.15, -0.1) is 0 Å². The predicted molar refractivity (Wildman–Crippen MR) is 85.8 cm³/mol. The first kappa shape index (κ1) is 17.2. The second-order valence-corrected chi connectivity index (χ2v) is 5.37. The number of hydrogen-bond donors (Lipinski definition) is 2. The number of aromatic nitrogens is 3. The number of fused-ring (bicyclic) bond motifs is 1. The monoisotopic (exact) mass is 370 g/mol. The lowest BCUT2D eigenvalue weighted by molar-refractivity contribution is -0.643. The Balaban J connectivity index is 2.10. The molecule has 1 aromatic carbocycles. The highest BCUT2D eigenvalue weighted by molar-refractivity contribution is 7.93. The van der Waals surface area contributed by atoms with Gasteiger partial charge in [-0.05, 0) is 12.1 Å². The van der Waals surface area contributed by atoms with Crippen LogP contribution in [0, 0.1) is 0 Å². The molecule has 0 aliphatic rings. The molecule has 3 aromatic rings. The minimum Gasteiger partial charge on any atom is -0.493 e. The Hall–Kier alpha value is -2.59. The maximum Gasteiger partial charge on any atom is 0.402 e. The summed E-state index contributed by atoms with van der Waals surface area (Å²) in [6, 6.07) is 6.03. The van der Waals surface area contributed by atoms with Crippen LogP contribution in [-0.4, -0.2) is 35.4 Å². The molecule has 0 atom stereocenters. The summed E-state index contributed by atoms with van der Waals surface area (Å²) >= 11 is 0.467. The van der Waals surface area contributed by atoms with Gasteiger partial charge in [0.05, 0.1) is 32.5 Å². The summed E-state index contributed by atoms with van der Waals surface area (Å²) in [4.78, 5) is 7.38. The van der Waals surface area contributed by atoms with Gasteiger partial charge in [0.1, 0.15) is 11.3 Å². The summed E-state index contributed by atoms with van der Waals surface area (Å²) in [6.07, 6.45) is 1.63. The predicted octanol–water partition coefficient (Wildman–Crippen LogP) is 3.02. The fraction of sp³-hybridized carbons (Fsp3) is 0.200. The van der Waals surface area contributed by atoms with E-state index in [0.29, 0.717) is 45.5 Å². The summed E-state index contributed by atoms with van der Waals surface area (Å²) in [6.45, 7) is -2.91. The van der Waals surface area contributed by atoms with Gasteiger partial charge in [0.2, 0.25) is 10.8 Å². The molecule has 0 bridgehead atoms. The van der Waals surface area contributed by atoms with Crippen molar-refractivity contribution in [2.24, 2.45) is 0 Å². The third kappa shape index (κ3) is 3.30. The first-order chi connectivity index (χ1) is 12.1. The number of hydrogen-bond acceptors (Lipinski definition) is 6. The van der Waals surface area contributed by atoms with Crippen molar-refractivity contribution in [2.45, 2.75) is 11.6 Å². The van der Waals surface area contributed by atoms with Crippen molar-refractivity contribution in [3.8, 4) is 23.2 Å². The van der Waals surface area contributed by atoms with Crippen molar-refractivity contribution >= 4 is 23.1 Å². The van der Waals surface area contributed by atoms with E-state index < -0.39 is 6.61 Å². The van der Waals surface area contributed by atoms with Crippen LogP contribution in [0.2, 0.25) is 0 Å². The number of rotatable bonds is 6. The van der Waals surface area contributed by atoms with Gasteiger partial charge < -0.3 is 18.8 Å². The first-order valence-corrected chi connectivity index (χ1v) is 7.77. The Labute approximate surface area is 145 Å². The van der Waals surface area contributed by atoms with Gasteiger partial charge in [-0.3, -0.25) is 0 Å². The Morgan fingerprint density at radius 3 is 2.68 bits per heavy atom. The van der Waals surface area contributed by atoms with Crippen molar-refractivity contribution in [1.29, 1.82) is 0 Å². The van der Waals surface area contributed by atoms with Crippen molar-refractivity contribution in [3.05, 3.63) is 30.5 Å². The van der Waals surface area contributed by atoms with Gasteiger partial charge in [-0.25, -0.2) is 4.98 Å². The Bertz CT molecular complexity index is 904. The van der Waals surface area contributed by atoms with Gasteiger partial charge in [0.15, 0.2) is 11.3 Å². The summed E-state index contributed by atoms with van der Waals surface area (Å²) in [5.41, 5.74) is 1.05. The lowest BCUT2D eigenvalue weighted by Gasteiger charge is -2.11. The number of halogens is 2. The molecule has 3 rings (SSSR count). The molecule has 0 saturated carbocycles. The molecule has 0 spiro atoms. The third-order valence-electron chi connectivity index (χ3n) is 3.42. The molecule has 2 N–H and O–H groups in total. The number of methoxy groups -OCH3 is 2. The molecule has 0 aliphatic carbocycles.